The summed E-state index contributed by atoms with van der Waals surface area (Å²) in [5.41, 5.74) is 0.977. The molecule has 1 aromatic heterocycles. The van der Waals surface area contributed by atoms with E-state index in [9.17, 15) is 9.59 Å². The van der Waals surface area contributed by atoms with E-state index in [1.54, 1.807) is 12.5 Å². The Morgan fingerprint density at radius 1 is 1.27 bits per heavy atom. The smallest absolute Gasteiger partial charge is 0.302 e. The molecule has 2 aliphatic rings. The molecule has 0 aliphatic heterocycles. The lowest BCUT2D eigenvalue weighted by Crippen LogP contribution is -2.35. The summed E-state index contributed by atoms with van der Waals surface area (Å²) < 4.78 is 11.0. The van der Waals surface area contributed by atoms with Gasteiger partial charge in [-0.15, -0.1) is 0 Å². The monoisotopic (exact) mass is 306 g/mol. The Hall–Kier alpha value is -1.85. The van der Waals surface area contributed by atoms with E-state index < -0.39 is 0 Å². The zero-order chi connectivity index (χ0) is 15.7. The van der Waals surface area contributed by atoms with Crippen LogP contribution in [0.3, 0.4) is 0 Å². The van der Waals surface area contributed by atoms with Crippen molar-refractivity contribution in [3.05, 3.63) is 18.2 Å². The quantitative estimate of drug-likeness (QED) is 0.840. The summed E-state index contributed by atoms with van der Waals surface area (Å²) in [5.74, 6) is 0.747. The third-order valence-electron chi connectivity index (χ3n) is 4.93. The Morgan fingerprint density at radius 2 is 2.09 bits per heavy atom. The standard InChI is InChI=1S/C16H22N2O4/c1-9(19)21-15-5-11-3-12(15)4-14(11)16(22-10(2)20)6-13-7-17-8-18-13/h7-8,11-12,14-16H,3-6H2,1-2H3,(H,17,18). The van der Waals surface area contributed by atoms with Gasteiger partial charge in [-0.2, -0.15) is 0 Å². The number of esters is 2. The lowest BCUT2D eigenvalue weighted by Gasteiger charge is -2.32. The van der Waals surface area contributed by atoms with Crippen LogP contribution >= 0.6 is 0 Å². The number of hydrogen-bond acceptors (Lipinski definition) is 5. The van der Waals surface area contributed by atoms with E-state index in [1.807, 2.05) is 0 Å². The van der Waals surface area contributed by atoms with Crippen LogP contribution in [0.1, 0.15) is 38.8 Å². The lowest BCUT2D eigenvalue weighted by molar-refractivity contribution is -0.153. The Morgan fingerprint density at radius 3 is 2.64 bits per heavy atom. The molecular formula is C16H22N2O4. The topological polar surface area (TPSA) is 81.3 Å². The molecule has 22 heavy (non-hydrogen) atoms. The number of aromatic amines is 1. The minimum absolute atomic E-state index is 0.0453. The van der Waals surface area contributed by atoms with Crippen molar-refractivity contribution in [2.45, 2.75) is 51.7 Å². The molecule has 2 aliphatic carbocycles. The van der Waals surface area contributed by atoms with Crippen LogP contribution in [0.5, 0.6) is 0 Å². The number of imidazole rings is 1. The minimum atomic E-state index is -0.246. The van der Waals surface area contributed by atoms with Gasteiger partial charge in [0.1, 0.15) is 12.2 Å². The van der Waals surface area contributed by atoms with E-state index in [0.29, 0.717) is 24.2 Å². The number of nitrogens with one attached hydrogen (secondary N) is 1. The van der Waals surface area contributed by atoms with Crippen molar-refractivity contribution in [1.29, 1.82) is 0 Å². The van der Waals surface area contributed by atoms with E-state index in [-0.39, 0.29) is 24.1 Å². The molecule has 0 aromatic carbocycles. The van der Waals surface area contributed by atoms with Crippen molar-refractivity contribution < 1.29 is 19.1 Å². The maximum atomic E-state index is 11.4. The molecule has 5 unspecified atom stereocenters. The molecule has 0 spiro atoms. The predicted octanol–water partition coefficient (Wildman–Crippen LogP) is 1.86. The maximum absolute atomic E-state index is 11.4. The van der Waals surface area contributed by atoms with E-state index in [1.165, 1.54) is 13.8 Å². The van der Waals surface area contributed by atoms with Crippen molar-refractivity contribution in [2.24, 2.45) is 17.8 Å². The summed E-state index contributed by atoms with van der Waals surface area (Å²) in [5, 5.41) is 0. The summed E-state index contributed by atoms with van der Waals surface area (Å²) in [6.07, 6.45) is 6.87. The molecule has 0 radical (unpaired) electrons. The first-order valence-electron chi connectivity index (χ1n) is 7.84. The maximum Gasteiger partial charge on any atom is 0.302 e. The lowest BCUT2D eigenvalue weighted by atomic mass is 9.82. The van der Waals surface area contributed by atoms with Crippen LogP contribution in [0.15, 0.2) is 12.5 Å². The van der Waals surface area contributed by atoms with Gasteiger partial charge in [0.05, 0.1) is 6.33 Å². The van der Waals surface area contributed by atoms with Gasteiger partial charge < -0.3 is 14.5 Å². The van der Waals surface area contributed by atoms with Crippen molar-refractivity contribution in [3.8, 4) is 0 Å². The van der Waals surface area contributed by atoms with E-state index in [0.717, 1.165) is 25.0 Å². The summed E-state index contributed by atoms with van der Waals surface area (Å²) in [6, 6.07) is 0. The highest BCUT2D eigenvalue weighted by Gasteiger charge is 2.50. The molecule has 1 N–H and O–H groups in total. The highest BCUT2D eigenvalue weighted by Crippen LogP contribution is 2.51. The summed E-state index contributed by atoms with van der Waals surface area (Å²) in [6.45, 7) is 2.91. The first-order valence-corrected chi connectivity index (χ1v) is 7.84. The molecule has 0 saturated heterocycles. The molecule has 6 heteroatoms. The fraction of sp³-hybridized carbons (Fsp3) is 0.688. The Bertz CT molecular complexity index is 542. The summed E-state index contributed by atoms with van der Waals surface area (Å²) in [4.78, 5) is 29.7. The highest BCUT2D eigenvalue weighted by molar-refractivity contribution is 5.66. The number of rotatable bonds is 5. The molecule has 2 saturated carbocycles. The molecule has 1 heterocycles. The van der Waals surface area contributed by atoms with Crippen LogP contribution in [-0.2, 0) is 25.5 Å². The number of nitrogens with zero attached hydrogens (tertiary/aromatic N) is 1. The SMILES string of the molecule is CC(=O)OC1CC2CC1CC2C(Cc1cnc[nH]1)OC(C)=O. The molecule has 3 rings (SSSR count). The molecule has 1 aromatic rings. The van der Waals surface area contributed by atoms with Gasteiger partial charge in [0, 0.05) is 32.2 Å². The molecule has 0 amide bonds. The van der Waals surface area contributed by atoms with E-state index >= 15 is 0 Å². The average Bonchev–Trinajstić information content (AvgIpc) is 3.12. The molecule has 6 nitrogen and oxygen atoms in total. The van der Waals surface area contributed by atoms with Crippen molar-refractivity contribution >= 4 is 11.9 Å². The van der Waals surface area contributed by atoms with Crippen molar-refractivity contribution in [2.75, 3.05) is 0 Å². The molecule has 2 fully saturated rings. The number of aromatic nitrogens is 2. The fourth-order valence-corrected chi connectivity index (χ4v) is 4.19. The largest absolute Gasteiger partial charge is 0.462 e. The normalized spacial score (nSPS) is 31.0. The van der Waals surface area contributed by atoms with Crippen LogP contribution in [0.25, 0.3) is 0 Å². The third-order valence-corrected chi connectivity index (χ3v) is 4.93. The summed E-state index contributed by atoms with van der Waals surface area (Å²) >= 11 is 0. The first kappa shape index (κ1) is 15.1. The number of ether oxygens (including phenoxy) is 2. The predicted molar refractivity (Wildman–Crippen MR) is 77.7 cm³/mol. The van der Waals surface area contributed by atoms with Gasteiger partial charge in [0.15, 0.2) is 0 Å². The number of carbonyl (C=O) groups is 2. The van der Waals surface area contributed by atoms with Gasteiger partial charge in [-0.25, -0.2) is 4.98 Å². The van der Waals surface area contributed by atoms with Gasteiger partial charge in [0.25, 0.3) is 0 Å². The zero-order valence-electron chi connectivity index (χ0n) is 13.0. The van der Waals surface area contributed by atoms with Gasteiger partial charge in [0.2, 0.25) is 0 Å². The van der Waals surface area contributed by atoms with Gasteiger partial charge in [-0.1, -0.05) is 0 Å². The number of carbonyl (C=O) groups excluding carboxylic acids is 2. The zero-order valence-corrected chi connectivity index (χ0v) is 13.0. The van der Waals surface area contributed by atoms with E-state index in [4.69, 9.17) is 9.47 Å². The van der Waals surface area contributed by atoms with Crippen molar-refractivity contribution in [1.82, 2.24) is 9.97 Å². The molecule has 5 atom stereocenters. The highest BCUT2D eigenvalue weighted by atomic mass is 16.5. The van der Waals surface area contributed by atoms with Crippen LogP contribution in [0.4, 0.5) is 0 Å². The van der Waals surface area contributed by atoms with Crippen LogP contribution in [-0.4, -0.2) is 34.1 Å². The molecule has 2 bridgehead atoms. The Balaban J connectivity index is 1.66. The average molecular weight is 306 g/mol. The second-order valence-electron chi connectivity index (χ2n) is 6.47. The number of fused-ring (bicyclic) bond motifs is 2. The van der Waals surface area contributed by atoms with Crippen LogP contribution in [0.2, 0.25) is 0 Å². The van der Waals surface area contributed by atoms with Gasteiger partial charge in [-0.05, 0) is 37.0 Å². The molecule has 120 valence electrons. The van der Waals surface area contributed by atoms with Gasteiger partial charge in [-0.3, -0.25) is 9.59 Å². The summed E-state index contributed by atoms with van der Waals surface area (Å²) in [7, 11) is 0. The van der Waals surface area contributed by atoms with Gasteiger partial charge >= 0.3 is 11.9 Å². The Kier molecular flexibility index (Phi) is 4.18. The van der Waals surface area contributed by atoms with Crippen molar-refractivity contribution in [3.63, 3.8) is 0 Å². The minimum Gasteiger partial charge on any atom is -0.462 e. The number of hydrogen-bond donors (Lipinski definition) is 1. The Labute approximate surface area is 129 Å². The first-order chi connectivity index (χ1) is 10.5. The van der Waals surface area contributed by atoms with Crippen LogP contribution < -0.4 is 0 Å². The second-order valence-corrected chi connectivity index (χ2v) is 6.47. The fourth-order valence-electron chi connectivity index (χ4n) is 4.19. The molecular weight excluding hydrogens is 284 g/mol. The van der Waals surface area contributed by atoms with Crippen LogP contribution in [0, 0.1) is 17.8 Å². The third kappa shape index (κ3) is 3.15. The second kappa shape index (κ2) is 6.10. The number of H-pyrrole nitrogens is 1. The van der Waals surface area contributed by atoms with E-state index in [2.05, 4.69) is 9.97 Å².